The first-order valence-electron chi connectivity index (χ1n) is 7.07. The third kappa shape index (κ3) is 7.56. The Bertz CT molecular complexity index is 400. The molecular weight excluding hydrogens is 256 g/mol. The quantitative estimate of drug-likeness (QED) is 0.514. The third-order valence-electron chi connectivity index (χ3n) is 2.77. The van der Waals surface area contributed by atoms with Crippen LogP contribution in [0.1, 0.15) is 44.6 Å². The van der Waals surface area contributed by atoms with E-state index in [1.54, 1.807) is 0 Å². The minimum Gasteiger partial charge on any atom is -0.466 e. The third-order valence-corrected chi connectivity index (χ3v) is 2.77. The maximum atomic E-state index is 11.5. The summed E-state index contributed by atoms with van der Waals surface area (Å²) in [6, 6.07) is 9.51. The number of carbonyl (C=O) groups is 2. The number of rotatable bonds is 9. The summed E-state index contributed by atoms with van der Waals surface area (Å²) in [4.78, 5) is 22.8. The second kappa shape index (κ2) is 10.0. The Morgan fingerprint density at radius 3 is 2.25 bits per heavy atom. The molecule has 110 valence electrons. The summed E-state index contributed by atoms with van der Waals surface area (Å²) >= 11 is 0. The van der Waals surface area contributed by atoms with Crippen LogP contribution < -0.4 is 0 Å². The molecular formula is C16H22O4. The van der Waals surface area contributed by atoms with E-state index in [1.807, 2.05) is 37.3 Å². The van der Waals surface area contributed by atoms with Crippen molar-refractivity contribution in [1.82, 2.24) is 0 Å². The number of hydrogen-bond donors (Lipinski definition) is 0. The molecule has 0 amide bonds. The fraction of sp³-hybridized carbons (Fsp3) is 0.500. The lowest BCUT2D eigenvalue weighted by molar-refractivity contribution is -0.146. The molecule has 0 fully saturated rings. The maximum Gasteiger partial charge on any atom is 0.306 e. The summed E-state index contributed by atoms with van der Waals surface area (Å²) in [5.74, 6) is -0.524. The fourth-order valence-electron chi connectivity index (χ4n) is 1.59. The Morgan fingerprint density at radius 1 is 0.950 bits per heavy atom. The van der Waals surface area contributed by atoms with E-state index in [0.717, 1.165) is 18.4 Å². The van der Waals surface area contributed by atoms with Crippen molar-refractivity contribution >= 4 is 11.9 Å². The molecule has 0 aliphatic heterocycles. The van der Waals surface area contributed by atoms with Gasteiger partial charge in [-0.2, -0.15) is 0 Å². The molecule has 0 heterocycles. The zero-order chi connectivity index (χ0) is 14.6. The van der Waals surface area contributed by atoms with Gasteiger partial charge < -0.3 is 9.47 Å². The molecule has 0 aliphatic rings. The summed E-state index contributed by atoms with van der Waals surface area (Å²) < 4.78 is 10.1. The number of carbonyl (C=O) groups excluding carboxylic acids is 2. The van der Waals surface area contributed by atoms with Gasteiger partial charge in [-0.25, -0.2) is 0 Å². The molecule has 20 heavy (non-hydrogen) atoms. The van der Waals surface area contributed by atoms with Crippen LogP contribution in [0.25, 0.3) is 0 Å². The van der Waals surface area contributed by atoms with Crippen LogP contribution in [-0.4, -0.2) is 18.5 Å². The number of ether oxygens (including phenoxy) is 2. The maximum absolute atomic E-state index is 11.5. The average Bonchev–Trinajstić information content (AvgIpc) is 2.46. The number of hydrogen-bond acceptors (Lipinski definition) is 4. The van der Waals surface area contributed by atoms with Crippen molar-refractivity contribution in [3.8, 4) is 0 Å². The van der Waals surface area contributed by atoms with Crippen molar-refractivity contribution in [2.75, 3.05) is 6.61 Å². The Balaban J connectivity index is 2.07. The molecule has 1 aromatic rings. The summed E-state index contributed by atoms with van der Waals surface area (Å²) in [5, 5.41) is 0. The van der Waals surface area contributed by atoms with E-state index in [1.165, 1.54) is 0 Å². The van der Waals surface area contributed by atoms with E-state index >= 15 is 0 Å². The molecule has 4 heteroatoms. The lowest BCUT2D eigenvalue weighted by Crippen LogP contribution is -2.08. The predicted octanol–water partition coefficient (Wildman–Crippen LogP) is 3.24. The first-order chi connectivity index (χ1) is 9.72. The van der Waals surface area contributed by atoms with E-state index in [9.17, 15) is 9.59 Å². The minimum atomic E-state index is -0.282. The zero-order valence-corrected chi connectivity index (χ0v) is 12.0. The highest BCUT2D eigenvalue weighted by Gasteiger charge is 2.07. The molecule has 0 saturated heterocycles. The average molecular weight is 278 g/mol. The first kappa shape index (κ1) is 16.2. The van der Waals surface area contributed by atoms with Crippen LogP contribution >= 0.6 is 0 Å². The second-order valence-electron chi connectivity index (χ2n) is 4.57. The van der Waals surface area contributed by atoms with Crippen molar-refractivity contribution in [3.05, 3.63) is 35.9 Å². The zero-order valence-electron chi connectivity index (χ0n) is 12.0. The van der Waals surface area contributed by atoms with Gasteiger partial charge in [-0.05, 0) is 18.4 Å². The topological polar surface area (TPSA) is 52.6 Å². The molecule has 0 aromatic heterocycles. The number of benzene rings is 1. The van der Waals surface area contributed by atoms with Crippen molar-refractivity contribution in [1.29, 1.82) is 0 Å². The van der Waals surface area contributed by atoms with Crippen LogP contribution in [-0.2, 0) is 25.7 Å². The summed E-state index contributed by atoms with van der Waals surface area (Å²) in [7, 11) is 0. The van der Waals surface area contributed by atoms with E-state index < -0.39 is 0 Å². The van der Waals surface area contributed by atoms with E-state index in [0.29, 0.717) is 13.0 Å². The number of unbranched alkanes of at least 4 members (excludes halogenated alkanes) is 1. The van der Waals surface area contributed by atoms with Crippen molar-refractivity contribution < 1.29 is 19.1 Å². The summed E-state index contributed by atoms with van der Waals surface area (Å²) in [5.41, 5.74) is 0.958. The highest BCUT2D eigenvalue weighted by molar-refractivity contribution is 5.72. The van der Waals surface area contributed by atoms with Gasteiger partial charge >= 0.3 is 11.9 Å². The minimum absolute atomic E-state index is 0.241. The molecule has 0 spiro atoms. The Hall–Kier alpha value is -1.84. The standard InChI is InChI=1S/C16H22O4/c1-2-3-12-19-15(17)10-7-11-16(18)20-13-14-8-5-4-6-9-14/h4-6,8-9H,2-3,7,10-13H2,1H3. The van der Waals surface area contributed by atoms with Crippen LogP contribution in [0, 0.1) is 0 Å². The molecule has 0 unspecified atom stereocenters. The lowest BCUT2D eigenvalue weighted by Gasteiger charge is -2.05. The van der Waals surface area contributed by atoms with E-state index in [-0.39, 0.29) is 31.4 Å². The Morgan fingerprint density at radius 2 is 1.60 bits per heavy atom. The molecule has 1 rings (SSSR count). The van der Waals surface area contributed by atoms with Gasteiger partial charge in [0.25, 0.3) is 0 Å². The van der Waals surface area contributed by atoms with Gasteiger partial charge in [0, 0.05) is 12.8 Å². The van der Waals surface area contributed by atoms with Crippen molar-refractivity contribution in [2.45, 2.75) is 45.6 Å². The largest absolute Gasteiger partial charge is 0.466 e. The van der Waals surface area contributed by atoms with Crippen LogP contribution in [0.5, 0.6) is 0 Å². The molecule has 0 atom stereocenters. The molecule has 0 saturated carbocycles. The highest BCUT2D eigenvalue weighted by Crippen LogP contribution is 2.04. The van der Waals surface area contributed by atoms with Gasteiger partial charge in [0.1, 0.15) is 6.61 Å². The van der Waals surface area contributed by atoms with Crippen LogP contribution in [0.4, 0.5) is 0 Å². The van der Waals surface area contributed by atoms with Gasteiger partial charge in [-0.15, -0.1) is 0 Å². The summed E-state index contributed by atoms with van der Waals surface area (Å²) in [6.45, 7) is 2.78. The van der Waals surface area contributed by atoms with Crippen molar-refractivity contribution in [2.24, 2.45) is 0 Å². The molecule has 0 aliphatic carbocycles. The highest BCUT2D eigenvalue weighted by atomic mass is 16.5. The van der Waals surface area contributed by atoms with Gasteiger partial charge in [0.2, 0.25) is 0 Å². The van der Waals surface area contributed by atoms with Gasteiger partial charge in [-0.1, -0.05) is 43.7 Å². The van der Waals surface area contributed by atoms with Crippen molar-refractivity contribution in [3.63, 3.8) is 0 Å². The van der Waals surface area contributed by atoms with Gasteiger partial charge in [0.05, 0.1) is 6.61 Å². The Labute approximate surface area is 120 Å². The molecule has 4 nitrogen and oxygen atoms in total. The van der Waals surface area contributed by atoms with E-state index in [2.05, 4.69) is 0 Å². The predicted molar refractivity (Wildman–Crippen MR) is 76.0 cm³/mol. The van der Waals surface area contributed by atoms with Crippen LogP contribution in [0.15, 0.2) is 30.3 Å². The van der Waals surface area contributed by atoms with Crippen LogP contribution in [0.3, 0.4) is 0 Å². The first-order valence-corrected chi connectivity index (χ1v) is 7.07. The second-order valence-corrected chi connectivity index (χ2v) is 4.57. The van der Waals surface area contributed by atoms with Crippen LogP contribution in [0.2, 0.25) is 0 Å². The van der Waals surface area contributed by atoms with Gasteiger partial charge in [0.15, 0.2) is 0 Å². The fourth-order valence-corrected chi connectivity index (χ4v) is 1.59. The lowest BCUT2D eigenvalue weighted by atomic mass is 10.2. The molecule has 1 aromatic carbocycles. The van der Waals surface area contributed by atoms with E-state index in [4.69, 9.17) is 9.47 Å². The summed E-state index contributed by atoms with van der Waals surface area (Å²) in [6.07, 6.45) is 2.86. The molecule has 0 radical (unpaired) electrons. The smallest absolute Gasteiger partial charge is 0.306 e. The Kier molecular flexibility index (Phi) is 8.11. The normalized spacial score (nSPS) is 10.1. The molecule has 0 N–H and O–H groups in total. The SMILES string of the molecule is CCCCOC(=O)CCCC(=O)OCc1ccccc1. The monoisotopic (exact) mass is 278 g/mol. The van der Waals surface area contributed by atoms with Gasteiger partial charge in [-0.3, -0.25) is 9.59 Å². The molecule has 0 bridgehead atoms. The number of esters is 2.